The minimum atomic E-state index is -3.17. The molecule has 0 unspecified atom stereocenters. The molecule has 0 radical (unpaired) electrons. The predicted molar refractivity (Wildman–Crippen MR) is 87.9 cm³/mol. The standard InChI is InChI=1S/C14H21BrN2O3S/c1-4-17(21(3,19)20)9-5-8-16-14(18)12-7-6-11(2)10-13(12)15/h6-7,10H,4-5,8-9H2,1-3H3,(H,16,18). The summed E-state index contributed by atoms with van der Waals surface area (Å²) in [6, 6.07) is 5.53. The van der Waals surface area contributed by atoms with Crippen molar-refractivity contribution in [2.75, 3.05) is 25.9 Å². The van der Waals surface area contributed by atoms with Crippen LogP contribution in [-0.4, -0.2) is 44.5 Å². The molecule has 0 aliphatic rings. The van der Waals surface area contributed by atoms with Crippen molar-refractivity contribution in [3.8, 4) is 0 Å². The zero-order chi connectivity index (χ0) is 16.0. The molecule has 1 N–H and O–H groups in total. The number of amides is 1. The van der Waals surface area contributed by atoms with E-state index in [1.54, 1.807) is 13.0 Å². The van der Waals surface area contributed by atoms with E-state index in [9.17, 15) is 13.2 Å². The molecule has 1 aromatic rings. The number of rotatable bonds is 7. The van der Waals surface area contributed by atoms with Crippen molar-refractivity contribution in [1.82, 2.24) is 9.62 Å². The van der Waals surface area contributed by atoms with Crippen LogP contribution in [-0.2, 0) is 10.0 Å². The molecular formula is C14H21BrN2O3S. The van der Waals surface area contributed by atoms with Crippen molar-refractivity contribution in [2.45, 2.75) is 20.3 Å². The van der Waals surface area contributed by atoms with Crippen LogP contribution in [0.1, 0.15) is 29.3 Å². The van der Waals surface area contributed by atoms with Gasteiger partial charge < -0.3 is 5.32 Å². The first kappa shape index (κ1) is 18.1. The summed E-state index contributed by atoms with van der Waals surface area (Å²) in [5.74, 6) is -0.163. The number of halogens is 1. The highest BCUT2D eigenvalue weighted by Crippen LogP contribution is 2.18. The molecule has 1 amide bonds. The summed E-state index contributed by atoms with van der Waals surface area (Å²) in [6.07, 6.45) is 1.77. The van der Waals surface area contributed by atoms with E-state index in [2.05, 4.69) is 21.2 Å². The van der Waals surface area contributed by atoms with Gasteiger partial charge >= 0.3 is 0 Å². The van der Waals surface area contributed by atoms with E-state index in [1.165, 1.54) is 10.6 Å². The summed E-state index contributed by atoms with van der Waals surface area (Å²) in [5, 5.41) is 2.80. The molecule has 0 bridgehead atoms. The van der Waals surface area contributed by atoms with Crippen LogP contribution in [0.5, 0.6) is 0 Å². The lowest BCUT2D eigenvalue weighted by Crippen LogP contribution is -2.33. The number of carbonyl (C=O) groups is 1. The van der Waals surface area contributed by atoms with Gasteiger partial charge in [-0.05, 0) is 47.0 Å². The van der Waals surface area contributed by atoms with E-state index in [4.69, 9.17) is 0 Å². The second-order valence-electron chi connectivity index (χ2n) is 4.85. The van der Waals surface area contributed by atoms with E-state index in [1.807, 2.05) is 19.1 Å². The van der Waals surface area contributed by atoms with Crippen LogP contribution in [0.3, 0.4) is 0 Å². The number of hydrogen-bond acceptors (Lipinski definition) is 3. The topological polar surface area (TPSA) is 66.5 Å². The van der Waals surface area contributed by atoms with Gasteiger partial charge in [0.2, 0.25) is 10.0 Å². The third-order valence-corrected chi connectivity index (χ3v) is 5.10. The molecule has 1 rings (SSSR count). The Morgan fingerprint density at radius 3 is 2.57 bits per heavy atom. The summed E-state index contributed by atoms with van der Waals surface area (Å²) in [7, 11) is -3.17. The fourth-order valence-corrected chi connectivity index (χ4v) is 3.52. The van der Waals surface area contributed by atoms with Gasteiger partial charge in [0.05, 0.1) is 11.8 Å². The van der Waals surface area contributed by atoms with Gasteiger partial charge in [-0.15, -0.1) is 0 Å². The van der Waals surface area contributed by atoms with E-state index < -0.39 is 10.0 Å². The molecule has 0 fully saturated rings. The molecule has 5 nitrogen and oxygen atoms in total. The van der Waals surface area contributed by atoms with Gasteiger partial charge in [-0.2, -0.15) is 0 Å². The molecule has 0 aliphatic heterocycles. The molecule has 0 atom stereocenters. The molecule has 0 aliphatic carbocycles. The number of nitrogens with zero attached hydrogens (tertiary/aromatic N) is 1. The fourth-order valence-electron chi connectivity index (χ4n) is 1.92. The highest BCUT2D eigenvalue weighted by atomic mass is 79.9. The zero-order valence-electron chi connectivity index (χ0n) is 12.5. The van der Waals surface area contributed by atoms with E-state index >= 15 is 0 Å². The number of nitrogens with one attached hydrogen (secondary N) is 1. The lowest BCUT2D eigenvalue weighted by molar-refractivity contribution is 0.0952. The number of benzene rings is 1. The van der Waals surface area contributed by atoms with Crippen molar-refractivity contribution in [3.05, 3.63) is 33.8 Å². The minimum absolute atomic E-state index is 0.163. The van der Waals surface area contributed by atoms with Gasteiger partial charge in [0.25, 0.3) is 5.91 Å². The van der Waals surface area contributed by atoms with Gasteiger partial charge in [-0.25, -0.2) is 12.7 Å². The highest BCUT2D eigenvalue weighted by molar-refractivity contribution is 9.10. The first-order chi connectivity index (χ1) is 9.75. The fraction of sp³-hybridized carbons (Fsp3) is 0.500. The number of carbonyl (C=O) groups excluding carboxylic acids is 1. The van der Waals surface area contributed by atoms with Crippen molar-refractivity contribution in [3.63, 3.8) is 0 Å². The molecule has 0 heterocycles. The largest absolute Gasteiger partial charge is 0.352 e. The lowest BCUT2D eigenvalue weighted by Gasteiger charge is -2.17. The second-order valence-corrected chi connectivity index (χ2v) is 7.68. The highest BCUT2D eigenvalue weighted by Gasteiger charge is 2.14. The molecule has 0 saturated carbocycles. The smallest absolute Gasteiger partial charge is 0.252 e. The Morgan fingerprint density at radius 1 is 1.38 bits per heavy atom. The lowest BCUT2D eigenvalue weighted by atomic mass is 10.1. The second kappa shape index (κ2) is 7.91. The van der Waals surface area contributed by atoms with Crippen molar-refractivity contribution < 1.29 is 13.2 Å². The molecule has 0 saturated heterocycles. The molecule has 1 aromatic carbocycles. The Kier molecular flexibility index (Phi) is 6.83. The Labute approximate surface area is 134 Å². The molecule has 0 aromatic heterocycles. The number of aryl methyl sites for hydroxylation is 1. The maximum absolute atomic E-state index is 12.0. The third-order valence-electron chi connectivity index (χ3n) is 3.06. The van der Waals surface area contributed by atoms with Crippen LogP contribution in [0.15, 0.2) is 22.7 Å². The van der Waals surface area contributed by atoms with Gasteiger partial charge in [0.15, 0.2) is 0 Å². The van der Waals surface area contributed by atoms with Crippen LogP contribution in [0.2, 0.25) is 0 Å². The Hall–Kier alpha value is -0.920. The molecule has 21 heavy (non-hydrogen) atoms. The third kappa shape index (κ3) is 5.76. The zero-order valence-corrected chi connectivity index (χ0v) is 14.9. The SMILES string of the molecule is CCN(CCCNC(=O)c1ccc(C)cc1Br)S(C)(=O)=O. The first-order valence-electron chi connectivity index (χ1n) is 6.75. The van der Waals surface area contributed by atoms with Crippen LogP contribution in [0.25, 0.3) is 0 Å². The maximum Gasteiger partial charge on any atom is 0.252 e. The maximum atomic E-state index is 12.0. The van der Waals surface area contributed by atoms with Crippen LogP contribution in [0, 0.1) is 6.92 Å². The Bertz CT molecular complexity index is 602. The van der Waals surface area contributed by atoms with Crippen LogP contribution < -0.4 is 5.32 Å². The normalized spacial score (nSPS) is 11.7. The van der Waals surface area contributed by atoms with Gasteiger partial charge in [0, 0.05) is 24.1 Å². The van der Waals surface area contributed by atoms with Crippen molar-refractivity contribution in [1.29, 1.82) is 0 Å². The average Bonchev–Trinajstić information content (AvgIpc) is 2.36. The Balaban J connectivity index is 2.47. The molecule has 7 heteroatoms. The Morgan fingerprint density at radius 2 is 2.05 bits per heavy atom. The van der Waals surface area contributed by atoms with Crippen molar-refractivity contribution >= 4 is 31.9 Å². The average molecular weight is 377 g/mol. The van der Waals surface area contributed by atoms with Crippen molar-refractivity contribution in [2.24, 2.45) is 0 Å². The van der Waals surface area contributed by atoms with E-state index in [-0.39, 0.29) is 5.91 Å². The predicted octanol–water partition coefficient (Wildman–Crippen LogP) is 2.16. The van der Waals surface area contributed by atoms with Crippen LogP contribution >= 0.6 is 15.9 Å². The summed E-state index contributed by atoms with van der Waals surface area (Å²) < 4.78 is 25.0. The first-order valence-corrected chi connectivity index (χ1v) is 9.39. The summed E-state index contributed by atoms with van der Waals surface area (Å²) in [6.45, 7) is 5.03. The monoisotopic (exact) mass is 376 g/mol. The number of sulfonamides is 1. The minimum Gasteiger partial charge on any atom is -0.352 e. The van der Waals surface area contributed by atoms with Gasteiger partial charge in [0.1, 0.15) is 0 Å². The number of hydrogen-bond donors (Lipinski definition) is 1. The van der Waals surface area contributed by atoms with Crippen LogP contribution in [0.4, 0.5) is 0 Å². The molecule has 118 valence electrons. The van der Waals surface area contributed by atoms with E-state index in [0.29, 0.717) is 31.6 Å². The summed E-state index contributed by atoms with van der Waals surface area (Å²) in [5.41, 5.74) is 1.65. The summed E-state index contributed by atoms with van der Waals surface area (Å²) >= 11 is 3.37. The quantitative estimate of drug-likeness (QED) is 0.741. The van der Waals surface area contributed by atoms with Gasteiger partial charge in [-0.3, -0.25) is 4.79 Å². The van der Waals surface area contributed by atoms with E-state index in [0.717, 1.165) is 10.0 Å². The van der Waals surface area contributed by atoms with Gasteiger partial charge in [-0.1, -0.05) is 13.0 Å². The molecule has 0 spiro atoms. The molecular weight excluding hydrogens is 356 g/mol. The summed E-state index contributed by atoms with van der Waals surface area (Å²) in [4.78, 5) is 12.0.